The van der Waals surface area contributed by atoms with Crippen LogP contribution in [-0.2, 0) is 5.41 Å². The molecule has 1 rings (SSSR count). The van der Waals surface area contributed by atoms with Crippen molar-refractivity contribution in [3.05, 3.63) is 29.8 Å². The number of aliphatic hydroxyl groups is 1. The minimum absolute atomic E-state index is 0.155. The summed E-state index contributed by atoms with van der Waals surface area (Å²) in [5.74, 6) is 0.935. The number of rotatable bonds is 7. The molecular formula is C15H25NO2. The van der Waals surface area contributed by atoms with Crippen LogP contribution in [0.3, 0.4) is 0 Å². The van der Waals surface area contributed by atoms with E-state index in [1.807, 2.05) is 12.1 Å². The summed E-state index contributed by atoms with van der Waals surface area (Å²) in [6.45, 7) is 9.01. The summed E-state index contributed by atoms with van der Waals surface area (Å²) in [6, 6.07) is 8.28. The molecule has 0 unspecified atom stereocenters. The Morgan fingerprint density at radius 2 is 2.00 bits per heavy atom. The van der Waals surface area contributed by atoms with Crippen molar-refractivity contribution >= 4 is 0 Å². The fourth-order valence-corrected chi connectivity index (χ4v) is 1.64. The average molecular weight is 251 g/mol. The third kappa shape index (κ3) is 5.52. The molecule has 3 heteroatoms. The van der Waals surface area contributed by atoms with Gasteiger partial charge in [-0.05, 0) is 36.1 Å². The molecular weight excluding hydrogens is 226 g/mol. The zero-order valence-electron chi connectivity index (χ0n) is 11.7. The molecule has 0 saturated heterocycles. The second kappa shape index (κ2) is 7.39. The number of hydrogen-bond donors (Lipinski definition) is 2. The predicted octanol–water partition coefficient (Wildman–Crippen LogP) is 2.33. The standard InChI is InChI=1S/C15H25NO2/c1-15(2,3)13-6-4-7-14(12-13)18-11-5-8-16-9-10-17/h4,6-7,12,16-17H,5,8-11H2,1-3H3. The van der Waals surface area contributed by atoms with Crippen molar-refractivity contribution in [2.24, 2.45) is 0 Å². The molecule has 0 radical (unpaired) electrons. The normalized spacial score (nSPS) is 11.6. The van der Waals surface area contributed by atoms with Crippen LogP contribution in [0.4, 0.5) is 0 Å². The highest BCUT2D eigenvalue weighted by molar-refractivity contribution is 5.32. The first-order chi connectivity index (χ1) is 8.54. The van der Waals surface area contributed by atoms with Crippen LogP contribution in [0.2, 0.25) is 0 Å². The highest BCUT2D eigenvalue weighted by atomic mass is 16.5. The lowest BCUT2D eigenvalue weighted by Gasteiger charge is -2.19. The fourth-order valence-electron chi connectivity index (χ4n) is 1.64. The molecule has 0 aliphatic heterocycles. The minimum Gasteiger partial charge on any atom is -0.494 e. The van der Waals surface area contributed by atoms with Crippen molar-refractivity contribution in [2.45, 2.75) is 32.6 Å². The van der Waals surface area contributed by atoms with Gasteiger partial charge < -0.3 is 15.2 Å². The highest BCUT2D eigenvalue weighted by Gasteiger charge is 2.13. The van der Waals surface area contributed by atoms with E-state index >= 15 is 0 Å². The van der Waals surface area contributed by atoms with Gasteiger partial charge in [0.25, 0.3) is 0 Å². The van der Waals surface area contributed by atoms with E-state index in [0.29, 0.717) is 13.2 Å². The van der Waals surface area contributed by atoms with Crippen LogP contribution in [-0.4, -0.2) is 31.4 Å². The molecule has 0 fully saturated rings. The van der Waals surface area contributed by atoms with Gasteiger partial charge >= 0.3 is 0 Å². The third-order valence-corrected chi connectivity index (χ3v) is 2.76. The Kier molecular flexibility index (Phi) is 6.16. The SMILES string of the molecule is CC(C)(C)c1cccc(OCCCNCCO)c1. The summed E-state index contributed by atoms with van der Waals surface area (Å²) in [5.41, 5.74) is 1.45. The molecule has 0 aliphatic carbocycles. The number of benzene rings is 1. The Bertz CT molecular complexity index is 345. The van der Waals surface area contributed by atoms with E-state index in [-0.39, 0.29) is 12.0 Å². The number of nitrogens with one attached hydrogen (secondary N) is 1. The first-order valence-corrected chi connectivity index (χ1v) is 6.59. The Morgan fingerprint density at radius 3 is 2.67 bits per heavy atom. The van der Waals surface area contributed by atoms with Gasteiger partial charge in [0.2, 0.25) is 0 Å². The topological polar surface area (TPSA) is 41.5 Å². The van der Waals surface area contributed by atoms with Crippen molar-refractivity contribution in [1.82, 2.24) is 5.32 Å². The molecule has 2 N–H and O–H groups in total. The second-order valence-corrected chi connectivity index (χ2v) is 5.45. The Balaban J connectivity index is 2.34. The first kappa shape index (κ1) is 15.0. The molecule has 0 atom stereocenters. The van der Waals surface area contributed by atoms with E-state index in [0.717, 1.165) is 18.7 Å². The first-order valence-electron chi connectivity index (χ1n) is 6.59. The maximum Gasteiger partial charge on any atom is 0.119 e. The Morgan fingerprint density at radius 1 is 1.22 bits per heavy atom. The van der Waals surface area contributed by atoms with E-state index in [1.54, 1.807) is 0 Å². The largest absolute Gasteiger partial charge is 0.494 e. The lowest BCUT2D eigenvalue weighted by Crippen LogP contribution is -2.20. The molecule has 18 heavy (non-hydrogen) atoms. The molecule has 102 valence electrons. The average Bonchev–Trinajstić information content (AvgIpc) is 2.33. The zero-order valence-corrected chi connectivity index (χ0v) is 11.7. The van der Waals surface area contributed by atoms with E-state index in [9.17, 15) is 0 Å². The summed E-state index contributed by atoms with van der Waals surface area (Å²) < 4.78 is 5.72. The van der Waals surface area contributed by atoms with Crippen molar-refractivity contribution in [1.29, 1.82) is 0 Å². The van der Waals surface area contributed by atoms with Gasteiger partial charge in [-0.2, -0.15) is 0 Å². The van der Waals surface area contributed by atoms with Crippen molar-refractivity contribution in [3.8, 4) is 5.75 Å². The molecule has 0 bridgehead atoms. The molecule has 1 aromatic carbocycles. The lowest BCUT2D eigenvalue weighted by molar-refractivity contribution is 0.282. The smallest absolute Gasteiger partial charge is 0.119 e. The van der Waals surface area contributed by atoms with Crippen molar-refractivity contribution in [3.63, 3.8) is 0 Å². The Labute approximate surface area is 110 Å². The molecule has 1 aromatic rings. The van der Waals surface area contributed by atoms with Crippen LogP contribution in [0.25, 0.3) is 0 Å². The van der Waals surface area contributed by atoms with Gasteiger partial charge in [0.15, 0.2) is 0 Å². The van der Waals surface area contributed by atoms with E-state index in [1.165, 1.54) is 5.56 Å². The third-order valence-electron chi connectivity index (χ3n) is 2.76. The maximum atomic E-state index is 8.61. The predicted molar refractivity (Wildman–Crippen MR) is 75.2 cm³/mol. The van der Waals surface area contributed by atoms with Gasteiger partial charge in [-0.15, -0.1) is 0 Å². The zero-order chi connectivity index (χ0) is 13.4. The number of ether oxygens (including phenoxy) is 1. The summed E-state index contributed by atoms with van der Waals surface area (Å²) in [5, 5.41) is 11.7. The van der Waals surface area contributed by atoms with E-state index in [2.05, 4.69) is 38.2 Å². The van der Waals surface area contributed by atoms with Gasteiger partial charge in [-0.1, -0.05) is 32.9 Å². The van der Waals surface area contributed by atoms with Crippen LogP contribution >= 0.6 is 0 Å². The summed E-state index contributed by atoms with van der Waals surface area (Å²) in [6.07, 6.45) is 0.944. The van der Waals surface area contributed by atoms with Crippen LogP contribution < -0.4 is 10.1 Å². The molecule has 0 aliphatic rings. The van der Waals surface area contributed by atoms with E-state index in [4.69, 9.17) is 9.84 Å². The molecule has 0 aromatic heterocycles. The quantitative estimate of drug-likeness (QED) is 0.731. The molecule has 0 saturated carbocycles. The number of aliphatic hydroxyl groups excluding tert-OH is 1. The van der Waals surface area contributed by atoms with Crippen molar-refractivity contribution in [2.75, 3.05) is 26.3 Å². The van der Waals surface area contributed by atoms with Crippen LogP contribution in [0, 0.1) is 0 Å². The van der Waals surface area contributed by atoms with Crippen LogP contribution in [0.5, 0.6) is 5.75 Å². The minimum atomic E-state index is 0.155. The van der Waals surface area contributed by atoms with Crippen LogP contribution in [0.1, 0.15) is 32.8 Å². The molecule has 0 spiro atoms. The molecule has 3 nitrogen and oxygen atoms in total. The van der Waals surface area contributed by atoms with Gasteiger partial charge in [0.1, 0.15) is 5.75 Å². The summed E-state index contributed by atoms with van der Waals surface area (Å²) in [4.78, 5) is 0. The second-order valence-electron chi connectivity index (χ2n) is 5.45. The van der Waals surface area contributed by atoms with Gasteiger partial charge in [-0.3, -0.25) is 0 Å². The molecule has 0 amide bonds. The van der Waals surface area contributed by atoms with Crippen LogP contribution in [0.15, 0.2) is 24.3 Å². The number of hydrogen-bond acceptors (Lipinski definition) is 3. The fraction of sp³-hybridized carbons (Fsp3) is 0.600. The Hall–Kier alpha value is -1.06. The van der Waals surface area contributed by atoms with Gasteiger partial charge in [-0.25, -0.2) is 0 Å². The maximum absolute atomic E-state index is 8.61. The lowest BCUT2D eigenvalue weighted by atomic mass is 9.87. The summed E-state index contributed by atoms with van der Waals surface area (Å²) in [7, 11) is 0. The summed E-state index contributed by atoms with van der Waals surface area (Å²) >= 11 is 0. The highest BCUT2D eigenvalue weighted by Crippen LogP contribution is 2.25. The molecule has 0 heterocycles. The van der Waals surface area contributed by atoms with Gasteiger partial charge in [0.05, 0.1) is 13.2 Å². The van der Waals surface area contributed by atoms with E-state index < -0.39 is 0 Å². The van der Waals surface area contributed by atoms with Crippen molar-refractivity contribution < 1.29 is 9.84 Å². The van der Waals surface area contributed by atoms with Gasteiger partial charge in [0, 0.05) is 6.54 Å². The monoisotopic (exact) mass is 251 g/mol.